The molecule has 4 nitrogen and oxygen atoms in total. The van der Waals surface area contributed by atoms with Crippen molar-refractivity contribution < 1.29 is 8.42 Å². The number of sulfonamides is 1. The smallest absolute Gasteiger partial charge is 0.212 e. The van der Waals surface area contributed by atoms with Crippen molar-refractivity contribution >= 4 is 27.2 Å². The summed E-state index contributed by atoms with van der Waals surface area (Å²) in [6.07, 6.45) is 5.18. The predicted molar refractivity (Wildman–Crippen MR) is 79.0 cm³/mol. The van der Waals surface area contributed by atoms with Crippen LogP contribution in [0.1, 0.15) is 52.4 Å². The Morgan fingerprint density at radius 2 is 1.89 bits per heavy atom. The van der Waals surface area contributed by atoms with Gasteiger partial charge in [-0.1, -0.05) is 45.3 Å². The van der Waals surface area contributed by atoms with Gasteiger partial charge >= 0.3 is 0 Å². The van der Waals surface area contributed by atoms with Crippen molar-refractivity contribution in [2.75, 3.05) is 5.75 Å². The average molecular weight is 292 g/mol. The highest BCUT2D eigenvalue weighted by molar-refractivity contribution is 7.89. The van der Waals surface area contributed by atoms with Crippen molar-refractivity contribution in [1.82, 2.24) is 4.72 Å². The van der Waals surface area contributed by atoms with Crippen molar-refractivity contribution in [1.29, 1.82) is 0 Å². The first-order valence-electron chi connectivity index (χ1n) is 6.59. The van der Waals surface area contributed by atoms with E-state index in [0.717, 1.165) is 32.1 Å². The largest absolute Gasteiger partial charge is 0.392 e. The molecule has 6 heteroatoms. The van der Waals surface area contributed by atoms with Crippen LogP contribution in [0.5, 0.6) is 0 Å². The molecule has 0 radical (unpaired) electrons. The fourth-order valence-electron chi connectivity index (χ4n) is 2.29. The minimum atomic E-state index is -3.30. The average Bonchev–Trinajstić information content (AvgIpc) is 2.27. The van der Waals surface area contributed by atoms with Gasteiger partial charge < -0.3 is 5.73 Å². The third-order valence-corrected chi connectivity index (χ3v) is 5.36. The molecule has 0 aliphatic heterocycles. The highest BCUT2D eigenvalue weighted by Crippen LogP contribution is 2.29. The highest BCUT2D eigenvalue weighted by Gasteiger charge is 2.38. The second kappa shape index (κ2) is 6.30. The first kappa shape index (κ1) is 15.9. The van der Waals surface area contributed by atoms with Crippen molar-refractivity contribution in [2.24, 2.45) is 11.7 Å². The molecule has 0 amide bonds. The number of thiocarbonyl (C=S) groups is 1. The molecule has 1 aliphatic carbocycles. The third kappa shape index (κ3) is 4.48. The quantitative estimate of drug-likeness (QED) is 0.734. The molecule has 0 unspecified atom stereocenters. The summed E-state index contributed by atoms with van der Waals surface area (Å²) in [4.78, 5) is 0.287. The normalized spacial score (nSPS) is 19.9. The fraction of sp³-hybridized carbons (Fsp3) is 0.917. The standard InChI is InChI=1S/C12H24N2O2S2/c1-10(2)6-9-18(15,16)14-12(11(13)17)7-4-3-5-8-12/h10,14H,3-9H2,1-2H3,(H2,13,17). The first-order valence-corrected chi connectivity index (χ1v) is 8.65. The van der Waals surface area contributed by atoms with E-state index in [1.165, 1.54) is 0 Å². The van der Waals surface area contributed by atoms with E-state index in [2.05, 4.69) is 4.72 Å². The summed E-state index contributed by atoms with van der Waals surface area (Å²) in [7, 11) is -3.30. The second-order valence-electron chi connectivity index (χ2n) is 5.61. The number of hydrogen-bond acceptors (Lipinski definition) is 3. The molecule has 1 aliphatic rings. The van der Waals surface area contributed by atoms with Crippen LogP contribution in [0.15, 0.2) is 0 Å². The maximum atomic E-state index is 12.1. The Bertz CT molecular complexity index is 385. The monoisotopic (exact) mass is 292 g/mol. The first-order chi connectivity index (χ1) is 8.27. The van der Waals surface area contributed by atoms with Crippen LogP contribution >= 0.6 is 12.2 Å². The van der Waals surface area contributed by atoms with Gasteiger partial charge in [-0.15, -0.1) is 0 Å². The van der Waals surface area contributed by atoms with E-state index in [4.69, 9.17) is 18.0 Å². The van der Waals surface area contributed by atoms with E-state index in [1.807, 2.05) is 13.8 Å². The summed E-state index contributed by atoms with van der Waals surface area (Å²) in [6, 6.07) is 0. The number of rotatable bonds is 6. The Labute approximate surface area is 116 Å². The summed E-state index contributed by atoms with van der Waals surface area (Å²) in [5.74, 6) is 0.517. The van der Waals surface area contributed by atoms with Gasteiger partial charge in [-0.25, -0.2) is 13.1 Å². The molecule has 0 heterocycles. The number of hydrogen-bond donors (Lipinski definition) is 2. The number of nitrogens with two attached hydrogens (primary N) is 1. The van der Waals surface area contributed by atoms with Crippen LogP contribution in [0.25, 0.3) is 0 Å². The molecule has 0 spiro atoms. The van der Waals surface area contributed by atoms with Crippen LogP contribution in [0, 0.1) is 5.92 Å². The van der Waals surface area contributed by atoms with Gasteiger partial charge in [0, 0.05) is 0 Å². The molecule has 1 fully saturated rings. The van der Waals surface area contributed by atoms with E-state index < -0.39 is 15.6 Å². The lowest BCUT2D eigenvalue weighted by molar-refractivity contribution is 0.352. The Kier molecular flexibility index (Phi) is 5.55. The maximum absolute atomic E-state index is 12.1. The molecule has 0 bridgehead atoms. The van der Waals surface area contributed by atoms with Crippen LogP contribution in [0.2, 0.25) is 0 Å². The van der Waals surface area contributed by atoms with E-state index in [9.17, 15) is 8.42 Å². The van der Waals surface area contributed by atoms with Gasteiger partial charge in [-0.05, 0) is 25.2 Å². The molecule has 18 heavy (non-hydrogen) atoms. The van der Waals surface area contributed by atoms with Gasteiger partial charge in [0.05, 0.1) is 16.3 Å². The van der Waals surface area contributed by atoms with E-state index in [-0.39, 0.29) is 10.7 Å². The molecule has 1 rings (SSSR count). The lowest BCUT2D eigenvalue weighted by Crippen LogP contribution is -2.58. The highest BCUT2D eigenvalue weighted by atomic mass is 32.2. The minimum Gasteiger partial charge on any atom is -0.392 e. The van der Waals surface area contributed by atoms with Crippen LogP contribution in [-0.2, 0) is 10.0 Å². The van der Waals surface area contributed by atoms with Gasteiger partial charge in [0.15, 0.2) is 0 Å². The summed E-state index contributed by atoms with van der Waals surface area (Å²) < 4.78 is 26.9. The molecule has 3 N–H and O–H groups in total. The zero-order valence-corrected chi connectivity index (χ0v) is 12.9. The van der Waals surface area contributed by atoms with E-state index in [1.54, 1.807) is 0 Å². The van der Waals surface area contributed by atoms with E-state index in [0.29, 0.717) is 12.3 Å². The summed E-state index contributed by atoms with van der Waals surface area (Å²) >= 11 is 5.08. The van der Waals surface area contributed by atoms with Crippen molar-refractivity contribution in [3.8, 4) is 0 Å². The van der Waals surface area contributed by atoms with Crippen LogP contribution in [0.3, 0.4) is 0 Å². The number of nitrogens with one attached hydrogen (secondary N) is 1. The molecular weight excluding hydrogens is 268 g/mol. The Balaban J connectivity index is 2.74. The van der Waals surface area contributed by atoms with Gasteiger partial charge in [0.1, 0.15) is 0 Å². The van der Waals surface area contributed by atoms with Gasteiger partial charge in [0.2, 0.25) is 10.0 Å². The molecular formula is C12H24N2O2S2. The fourth-order valence-corrected chi connectivity index (χ4v) is 4.41. The van der Waals surface area contributed by atoms with Gasteiger partial charge in [-0.3, -0.25) is 0 Å². The molecule has 106 valence electrons. The van der Waals surface area contributed by atoms with E-state index >= 15 is 0 Å². The minimum absolute atomic E-state index is 0.148. The van der Waals surface area contributed by atoms with Crippen molar-refractivity contribution in [2.45, 2.75) is 57.9 Å². The molecule has 0 atom stereocenters. The Morgan fingerprint density at radius 1 is 1.33 bits per heavy atom. The molecule has 0 saturated heterocycles. The summed E-state index contributed by atoms with van der Waals surface area (Å²) in [5, 5.41) is 0. The maximum Gasteiger partial charge on any atom is 0.212 e. The Hall–Kier alpha value is -0.200. The second-order valence-corrected chi connectivity index (χ2v) is 7.89. The lowest BCUT2D eigenvalue weighted by Gasteiger charge is -2.36. The van der Waals surface area contributed by atoms with Crippen LogP contribution < -0.4 is 10.5 Å². The SMILES string of the molecule is CC(C)CCS(=O)(=O)NC1(C(N)=S)CCCCC1. The van der Waals surface area contributed by atoms with Crippen molar-refractivity contribution in [3.05, 3.63) is 0 Å². The van der Waals surface area contributed by atoms with Crippen LogP contribution in [-0.4, -0.2) is 24.7 Å². The zero-order chi connectivity index (χ0) is 13.8. The summed E-state index contributed by atoms with van der Waals surface area (Å²) in [6.45, 7) is 4.03. The molecule has 0 aromatic heterocycles. The zero-order valence-electron chi connectivity index (χ0n) is 11.2. The van der Waals surface area contributed by atoms with Gasteiger partial charge in [0.25, 0.3) is 0 Å². The lowest BCUT2D eigenvalue weighted by atomic mass is 9.82. The predicted octanol–water partition coefficient (Wildman–Crippen LogP) is 1.94. The molecule has 0 aromatic rings. The molecule has 0 aromatic carbocycles. The topological polar surface area (TPSA) is 72.2 Å². The third-order valence-electron chi connectivity index (χ3n) is 3.49. The van der Waals surface area contributed by atoms with Crippen LogP contribution in [0.4, 0.5) is 0 Å². The van der Waals surface area contributed by atoms with Gasteiger partial charge in [-0.2, -0.15) is 0 Å². The van der Waals surface area contributed by atoms with Crippen molar-refractivity contribution in [3.63, 3.8) is 0 Å². The molecule has 1 saturated carbocycles. The summed E-state index contributed by atoms with van der Waals surface area (Å²) in [5.41, 5.74) is 5.09. The Morgan fingerprint density at radius 3 is 2.33 bits per heavy atom.